The Labute approximate surface area is 209 Å². The number of unbranched alkanes of at least 4 members (excludes halogenated alkanes) is 1. The zero-order valence-corrected chi connectivity index (χ0v) is 23.2. The van der Waals surface area contributed by atoms with Gasteiger partial charge in [-0.2, -0.15) is 0 Å². The lowest BCUT2D eigenvalue weighted by Crippen LogP contribution is -2.39. The van der Waals surface area contributed by atoms with Gasteiger partial charge in [0.1, 0.15) is 0 Å². The highest BCUT2D eigenvalue weighted by Gasteiger charge is 2.19. The van der Waals surface area contributed by atoms with E-state index in [1.54, 1.807) is 0 Å². The molecule has 0 saturated carbocycles. The number of hydrogen-bond donors (Lipinski definition) is 2. The van der Waals surface area contributed by atoms with Crippen molar-refractivity contribution in [2.75, 3.05) is 39.3 Å². The van der Waals surface area contributed by atoms with Gasteiger partial charge in [0, 0.05) is 62.7 Å². The molecular weight excluding hydrogens is 428 g/mol. The minimum Gasteiger partial charge on any atom is -0.389 e. The molecule has 0 aromatic heterocycles. The van der Waals surface area contributed by atoms with Gasteiger partial charge < -0.3 is 20.4 Å². The summed E-state index contributed by atoms with van der Waals surface area (Å²) in [5.41, 5.74) is 1.03. The number of carbonyl (C=O) groups excluding carboxylic acids is 3. The van der Waals surface area contributed by atoms with Crippen LogP contribution < -0.4 is 10.6 Å². The number of rotatable bonds is 18. The minimum absolute atomic E-state index is 0.0290. The largest absolute Gasteiger partial charge is 0.389 e. The molecule has 0 aliphatic carbocycles. The first kappa shape index (κ1) is 31.9. The Morgan fingerprint density at radius 1 is 0.588 bits per heavy atom. The third-order valence-electron chi connectivity index (χ3n) is 5.80. The molecule has 34 heavy (non-hydrogen) atoms. The van der Waals surface area contributed by atoms with Gasteiger partial charge >= 0.3 is 0 Å². The van der Waals surface area contributed by atoms with Gasteiger partial charge in [-0.3, -0.25) is 14.4 Å². The topological polar surface area (TPSA) is 81.8 Å². The van der Waals surface area contributed by atoms with E-state index in [0.29, 0.717) is 32.1 Å². The fraction of sp³-hybridized carbons (Fsp3) is 0.815. The summed E-state index contributed by atoms with van der Waals surface area (Å²) in [6.07, 6.45) is 3.32. The van der Waals surface area contributed by atoms with Crippen molar-refractivity contribution >= 4 is 17.7 Å². The molecule has 0 aliphatic heterocycles. The third kappa shape index (κ3) is 13.6. The van der Waals surface area contributed by atoms with Crippen LogP contribution in [0, 0.1) is 23.7 Å². The molecular formula is C27H52N4O3. The van der Waals surface area contributed by atoms with Crippen LogP contribution in [0.25, 0.3) is 0 Å². The summed E-state index contributed by atoms with van der Waals surface area (Å²) in [5, 5.41) is 6.26. The zero-order valence-electron chi connectivity index (χ0n) is 23.2. The molecule has 0 aromatic carbocycles. The molecule has 0 bridgehead atoms. The summed E-state index contributed by atoms with van der Waals surface area (Å²) in [7, 11) is 0. The first-order chi connectivity index (χ1) is 15.9. The fourth-order valence-corrected chi connectivity index (χ4v) is 3.41. The maximum Gasteiger partial charge on any atom is 0.225 e. The SMILES string of the molecule is C=C(NCCCN(CCCCN(CCCNC(=O)C(C)C)C(=O)C(C)C)C(=O)C(C)C)C(C)C. The highest BCUT2D eigenvalue weighted by Crippen LogP contribution is 2.09. The smallest absolute Gasteiger partial charge is 0.225 e. The maximum atomic E-state index is 12.7. The Balaban J connectivity index is 4.63. The highest BCUT2D eigenvalue weighted by molar-refractivity contribution is 5.79. The number of carbonyl (C=O) groups is 3. The average Bonchev–Trinajstić information content (AvgIpc) is 2.77. The minimum atomic E-state index is -0.0580. The van der Waals surface area contributed by atoms with E-state index in [1.807, 2.05) is 51.3 Å². The molecule has 0 radical (unpaired) electrons. The molecule has 0 saturated heterocycles. The van der Waals surface area contributed by atoms with Crippen molar-refractivity contribution in [3.8, 4) is 0 Å². The Bertz CT molecular complexity index is 575. The molecule has 0 spiro atoms. The highest BCUT2D eigenvalue weighted by atomic mass is 16.2. The number of nitrogens with zero attached hydrogens (tertiary/aromatic N) is 2. The molecule has 0 unspecified atom stereocenters. The van der Waals surface area contributed by atoms with Gasteiger partial charge in [-0.15, -0.1) is 0 Å². The van der Waals surface area contributed by atoms with Crippen LogP contribution in [0.3, 0.4) is 0 Å². The Kier molecular flexibility index (Phi) is 16.3. The van der Waals surface area contributed by atoms with E-state index in [2.05, 4.69) is 31.1 Å². The monoisotopic (exact) mass is 480 g/mol. The van der Waals surface area contributed by atoms with Crippen molar-refractivity contribution < 1.29 is 14.4 Å². The molecule has 0 aromatic rings. The van der Waals surface area contributed by atoms with E-state index < -0.39 is 0 Å². The fourth-order valence-electron chi connectivity index (χ4n) is 3.41. The van der Waals surface area contributed by atoms with Gasteiger partial charge in [-0.05, 0) is 31.6 Å². The first-order valence-electron chi connectivity index (χ1n) is 13.2. The van der Waals surface area contributed by atoms with E-state index in [-0.39, 0.29) is 35.5 Å². The third-order valence-corrected chi connectivity index (χ3v) is 5.80. The van der Waals surface area contributed by atoms with Gasteiger partial charge in [0.2, 0.25) is 17.7 Å². The maximum absolute atomic E-state index is 12.7. The van der Waals surface area contributed by atoms with E-state index >= 15 is 0 Å². The summed E-state index contributed by atoms with van der Waals surface area (Å²) in [4.78, 5) is 40.9. The molecule has 0 rings (SSSR count). The predicted octanol–water partition coefficient (Wildman–Crippen LogP) is 4.05. The second kappa shape index (κ2) is 17.4. The summed E-state index contributed by atoms with van der Waals surface area (Å²) in [5.74, 6) is 0.642. The van der Waals surface area contributed by atoms with E-state index in [4.69, 9.17) is 0 Å². The summed E-state index contributed by atoms with van der Waals surface area (Å²) in [6, 6.07) is 0. The van der Waals surface area contributed by atoms with Crippen molar-refractivity contribution in [1.29, 1.82) is 0 Å². The van der Waals surface area contributed by atoms with Crippen LogP contribution in [0.4, 0.5) is 0 Å². The van der Waals surface area contributed by atoms with Gasteiger partial charge in [-0.25, -0.2) is 0 Å². The van der Waals surface area contributed by atoms with Crippen LogP contribution in [-0.4, -0.2) is 66.8 Å². The van der Waals surface area contributed by atoms with Crippen molar-refractivity contribution in [1.82, 2.24) is 20.4 Å². The molecule has 2 N–H and O–H groups in total. The lowest BCUT2D eigenvalue weighted by molar-refractivity contribution is -0.136. The Morgan fingerprint density at radius 3 is 1.32 bits per heavy atom. The van der Waals surface area contributed by atoms with Gasteiger partial charge in [0.25, 0.3) is 0 Å². The molecule has 3 amide bonds. The van der Waals surface area contributed by atoms with Crippen LogP contribution in [0.2, 0.25) is 0 Å². The molecule has 0 atom stereocenters. The first-order valence-corrected chi connectivity index (χ1v) is 13.2. The van der Waals surface area contributed by atoms with Crippen molar-refractivity contribution in [3.63, 3.8) is 0 Å². The van der Waals surface area contributed by atoms with Crippen LogP contribution in [0.15, 0.2) is 12.3 Å². The van der Waals surface area contributed by atoms with Crippen molar-refractivity contribution in [3.05, 3.63) is 12.3 Å². The molecule has 0 fully saturated rings. The zero-order chi connectivity index (χ0) is 26.3. The quantitative estimate of drug-likeness (QED) is 0.290. The normalized spacial score (nSPS) is 11.3. The summed E-state index contributed by atoms with van der Waals surface area (Å²) in [6.45, 7) is 23.8. The van der Waals surface area contributed by atoms with E-state index in [9.17, 15) is 14.4 Å². The molecule has 0 aliphatic rings. The second-order valence-corrected chi connectivity index (χ2v) is 10.4. The molecule has 198 valence electrons. The van der Waals surface area contributed by atoms with Gasteiger partial charge in [0.15, 0.2) is 0 Å². The van der Waals surface area contributed by atoms with Crippen molar-refractivity contribution in [2.45, 2.75) is 81.1 Å². The summed E-state index contributed by atoms with van der Waals surface area (Å²) < 4.78 is 0. The van der Waals surface area contributed by atoms with Crippen LogP contribution in [-0.2, 0) is 14.4 Å². The van der Waals surface area contributed by atoms with E-state index in [0.717, 1.165) is 44.5 Å². The number of amides is 3. The standard InChI is InChI=1S/C27H52N4O3/c1-20(2)24(9)28-14-12-18-30(26(33)22(5)6)16-10-11-17-31(27(34)23(7)8)19-13-15-29-25(32)21(3)4/h20-23,28H,9-19H2,1-8H3,(H,29,32). The summed E-state index contributed by atoms with van der Waals surface area (Å²) >= 11 is 0. The number of nitrogens with one attached hydrogen (secondary N) is 2. The number of hydrogen-bond acceptors (Lipinski definition) is 4. The molecule has 7 heteroatoms. The molecule has 0 heterocycles. The number of allylic oxidation sites excluding steroid dienone is 1. The Hall–Kier alpha value is -2.05. The molecule has 7 nitrogen and oxygen atoms in total. The second-order valence-electron chi connectivity index (χ2n) is 10.4. The lowest BCUT2D eigenvalue weighted by Gasteiger charge is -2.27. The van der Waals surface area contributed by atoms with Crippen LogP contribution >= 0.6 is 0 Å². The average molecular weight is 481 g/mol. The van der Waals surface area contributed by atoms with Crippen molar-refractivity contribution in [2.24, 2.45) is 23.7 Å². The van der Waals surface area contributed by atoms with Crippen LogP contribution in [0.1, 0.15) is 81.1 Å². The predicted molar refractivity (Wildman–Crippen MR) is 141 cm³/mol. The Morgan fingerprint density at radius 2 is 0.971 bits per heavy atom. The van der Waals surface area contributed by atoms with Gasteiger partial charge in [-0.1, -0.05) is 62.0 Å². The van der Waals surface area contributed by atoms with Crippen LogP contribution in [0.5, 0.6) is 0 Å². The lowest BCUT2D eigenvalue weighted by atomic mass is 10.1. The van der Waals surface area contributed by atoms with E-state index in [1.165, 1.54) is 0 Å². The van der Waals surface area contributed by atoms with Gasteiger partial charge in [0.05, 0.1) is 0 Å².